The lowest BCUT2D eigenvalue weighted by Crippen LogP contribution is -2.46. The molecule has 0 aliphatic carbocycles. The standard InChI is InChI=1S/C23H26N2O2/c1-17-7-5-6-10-20(17)25-22(26)16-21(23(25)27)24-13-11-19(12-14-24)15-18-8-3-2-4-9-18/h2-10,19,21H,11-16H2,1H3. The lowest BCUT2D eigenvalue weighted by Gasteiger charge is -2.35. The van der Waals surface area contributed by atoms with E-state index in [2.05, 4.69) is 35.2 Å². The average Bonchev–Trinajstić information content (AvgIpc) is 2.98. The van der Waals surface area contributed by atoms with Gasteiger partial charge >= 0.3 is 0 Å². The number of piperidine rings is 1. The van der Waals surface area contributed by atoms with Crippen molar-refractivity contribution in [2.24, 2.45) is 5.92 Å². The molecule has 2 aliphatic heterocycles. The van der Waals surface area contributed by atoms with Gasteiger partial charge in [-0.2, -0.15) is 0 Å². The number of anilines is 1. The van der Waals surface area contributed by atoms with Crippen molar-refractivity contribution < 1.29 is 9.59 Å². The van der Waals surface area contributed by atoms with Crippen LogP contribution in [0.1, 0.15) is 30.4 Å². The molecule has 140 valence electrons. The van der Waals surface area contributed by atoms with Gasteiger partial charge in [0.2, 0.25) is 5.91 Å². The van der Waals surface area contributed by atoms with Crippen LogP contribution in [0.25, 0.3) is 0 Å². The molecule has 0 N–H and O–H groups in total. The van der Waals surface area contributed by atoms with Gasteiger partial charge in [0.05, 0.1) is 18.2 Å². The zero-order valence-electron chi connectivity index (χ0n) is 15.8. The fourth-order valence-electron chi connectivity index (χ4n) is 4.38. The Morgan fingerprint density at radius 2 is 1.59 bits per heavy atom. The predicted octanol–water partition coefficient (Wildman–Crippen LogP) is 3.58. The molecular formula is C23H26N2O2. The van der Waals surface area contributed by atoms with Crippen molar-refractivity contribution >= 4 is 17.5 Å². The molecule has 4 rings (SSSR count). The maximum absolute atomic E-state index is 13.0. The summed E-state index contributed by atoms with van der Waals surface area (Å²) >= 11 is 0. The van der Waals surface area contributed by atoms with Crippen molar-refractivity contribution in [2.75, 3.05) is 18.0 Å². The van der Waals surface area contributed by atoms with Gasteiger partial charge < -0.3 is 0 Å². The molecule has 1 unspecified atom stereocenters. The molecule has 2 amide bonds. The lowest BCUT2D eigenvalue weighted by atomic mass is 9.89. The van der Waals surface area contributed by atoms with Gasteiger partial charge in [-0.25, -0.2) is 4.90 Å². The second kappa shape index (κ2) is 7.65. The van der Waals surface area contributed by atoms with E-state index >= 15 is 0 Å². The maximum Gasteiger partial charge on any atom is 0.251 e. The topological polar surface area (TPSA) is 40.6 Å². The molecule has 4 heteroatoms. The minimum Gasteiger partial charge on any atom is -0.292 e. The Kier molecular flexibility index (Phi) is 5.08. The van der Waals surface area contributed by atoms with E-state index in [1.165, 1.54) is 10.5 Å². The first-order chi connectivity index (χ1) is 13.1. The summed E-state index contributed by atoms with van der Waals surface area (Å²) in [5, 5.41) is 0. The van der Waals surface area contributed by atoms with Crippen LogP contribution in [-0.4, -0.2) is 35.8 Å². The molecule has 2 aromatic rings. The highest BCUT2D eigenvalue weighted by molar-refractivity contribution is 6.22. The summed E-state index contributed by atoms with van der Waals surface area (Å²) in [4.78, 5) is 29.2. The van der Waals surface area contributed by atoms with Crippen molar-refractivity contribution in [3.05, 3.63) is 65.7 Å². The number of aryl methyl sites for hydroxylation is 1. The van der Waals surface area contributed by atoms with Crippen molar-refractivity contribution in [3.8, 4) is 0 Å². The Bertz CT molecular complexity index is 825. The van der Waals surface area contributed by atoms with Gasteiger partial charge in [-0.3, -0.25) is 14.5 Å². The molecular weight excluding hydrogens is 336 g/mol. The van der Waals surface area contributed by atoms with Gasteiger partial charge in [-0.15, -0.1) is 0 Å². The number of para-hydroxylation sites is 1. The first kappa shape index (κ1) is 17.9. The average molecular weight is 362 g/mol. The second-order valence-corrected chi connectivity index (χ2v) is 7.74. The molecule has 4 nitrogen and oxygen atoms in total. The van der Waals surface area contributed by atoms with Crippen LogP contribution >= 0.6 is 0 Å². The van der Waals surface area contributed by atoms with Gasteiger partial charge in [0.1, 0.15) is 0 Å². The minimum absolute atomic E-state index is 0.0594. The number of rotatable bonds is 4. The molecule has 0 spiro atoms. The number of likely N-dealkylation sites (tertiary alicyclic amines) is 1. The highest BCUT2D eigenvalue weighted by atomic mass is 16.2. The molecule has 1 atom stereocenters. The van der Waals surface area contributed by atoms with Crippen molar-refractivity contribution in [2.45, 2.75) is 38.6 Å². The van der Waals surface area contributed by atoms with Gasteiger partial charge in [-0.05, 0) is 62.4 Å². The molecule has 0 bridgehead atoms. The molecule has 0 aromatic heterocycles. The monoisotopic (exact) mass is 362 g/mol. The third-order valence-corrected chi connectivity index (χ3v) is 5.94. The first-order valence-corrected chi connectivity index (χ1v) is 9.84. The Morgan fingerprint density at radius 1 is 0.926 bits per heavy atom. The number of carbonyl (C=O) groups is 2. The Morgan fingerprint density at radius 3 is 2.30 bits per heavy atom. The van der Waals surface area contributed by atoms with Crippen LogP contribution in [0.15, 0.2) is 54.6 Å². The SMILES string of the molecule is Cc1ccccc1N1C(=O)CC(N2CCC(Cc3ccccc3)CC2)C1=O. The normalized spacial score (nSPS) is 21.8. The third kappa shape index (κ3) is 3.67. The molecule has 2 fully saturated rings. The van der Waals surface area contributed by atoms with E-state index in [0.717, 1.165) is 43.6 Å². The Balaban J connectivity index is 1.40. The van der Waals surface area contributed by atoms with Crippen LogP contribution in [0.4, 0.5) is 5.69 Å². The summed E-state index contributed by atoms with van der Waals surface area (Å²) in [6, 6.07) is 17.9. The quantitative estimate of drug-likeness (QED) is 0.781. The van der Waals surface area contributed by atoms with E-state index in [1.54, 1.807) is 0 Å². The third-order valence-electron chi connectivity index (χ3n) is 5.94. The van der Waals surface area contributed by atoms with E-state index in [9.17, 15) is 9.59 Å². The van der Waals surface area contributed by atoms with Gasteiger partial charge in [0.25, 0.3) is 5.91 Å². The second-order valence-electron chi connectivity index (χ2n) is 7.74. The number of imide groups is 1. The maximum atomic E-state index is 13.0. The Hall–Kier alpha value is -2.46. The molecule has 0 radical (unpaired) electrons. The van der Waals surface area contributed by atoms with Gasteiger partial charge in [0, 0.05) is 0 Å². The molecule has 2 heterocycles. The summed E-state index contributed by atoms with van der Waals surface area (Å²) in [6.45, 7) is 3.73. The molecule has 2 aromatic carbocycles. The molecule has 0 saturated carbocycles. The van der Waals surface area contributed by atoms with E-state index < -0.39 is 0 Å². The van der Waals surface area contributed by atoms with Crippen molar-refractivity contribution in [1.29, 1.82) is 0 Å². The molecule has 27 heavy (non-hydrogen) atoms. The smallest absolute Gasteiger partial charge is 0.251 e. The fourth-order valence-corrected chi connectivity index (χ4v) is 4.38. The summed E-state index contributed by atoms with van der Waals surface area (Å²) in [5.41, 5.74) is 3.07. The largest absolute Gasteiger partial charge is 0.292 e. The van der Waals surface area contributed by atoms with E-state index in [1.807, 2.05) is 31.2 Å². The number of hydrogen-bond acceptors (Lipinski definition) is 3. The van der Waals surface area contributed by atoms with Gasteiger partial charge in [0.15, 0.2) is 0 Å². The zero-order valence-corrected chi connectivity index (χ0v) is 15.8. The van der Waals surface area contributed by atoms with Crippen LogP contribution in [0.5, 0.6) is 0 Å². The number of nitrogens with zero attached hydrogens (tertiary/aromatic N) is 2. The highest BCUT2D eigenvalue weighted by Crippen LogP contribution is 2.31. The number of carbonyl (C=O) groups excluding carboxylic acids is 2. The Labute approximate surface area is 160 Å². The number of hydrogen-bond donors (Lipinski definition) is 0. The van der Waals surface area contributed by atoms with Crippen LogP contribution in [0.3, 0.4) is 0 Å². The number of amides is 2. The van der Waals surface area contributed by atoms with Crippen LogP contribution < -0.4 is 4.90 Å². The summed E-state index contributed by atoms with van der Waals surface area (Å²) < 4.78 is 0. The lowest BCUT2D eigenvalue weighted by molar-refractivity contribution is -0.123. The van der Waals surface area contributed by atoms with Crippen LogP contribution in [0.2, 0.25) is 0 Å². The molecule has 2 saturated heterocycles. The van der Waals surface area contributed by atoms with Gasteiger partial charge in [-0.1, -0.05) is 48.5 Å². The van der Waals surface area contributed by atoms with Crippen molar-refractivity contribution in [3.63, 3.8) is 0 Å². The van der Waals surface area contributed by atoms with Crippen LogP contribution in [0, 0.1) is 12.8 Å². The molecule has 2 aliphatic rings. The highest BCUT2D eigenvalue weighted by Gasteiger charge is 2.43. The van der Waals surface area contributed by atoms with E-state index in [0.29, 0.717) is 12.3 Å². The number of benzene rings is 2. The van der Waals surface area contributed by atoms with Crippen LogP contribution in [-0.2, 0) is 16.0 Å². The fraction of sp³-hybridized carbons (Fsp3) is 0.391. The predicted molar refractivity (Wildman–Crippen MR) is 107 cm³/mol. The first-order valence-electron chi connectivity index (χ1n) is 9.84. The zero-order chi connectivity index (χ0) is 18.8. The van der Waals surface area contributed by atoms with Crippen molar-refractivity contribution in [1.82, 2.24) is 4.90 Å². The van der Waals surface area contributed by atoms with E-state index in [-0.39, 0.29) is 17.9 Å². The van der Waals surface area contributed by atoms with E-state index in [4.69, 9.17) is 0 Å². The summed E-state index contributed by atoms with van der Waals surface area (Å²) in [6.07, 6.45) is 3.56. The minimum atomic E-state index is -0.296. The summed E-state index contributed by atoms with van der Waals surface area (Å²) in [5.74, 6) is 0.518. The summed E-state index contributed by atoms with van der Waals surface area (Å²) in [7, 11) is 0.